The van der Waals surface area contributed by atoms with Crippen molar-refractivity contribution in [2.75, 3.05) is 13.9 Å². The lowest BCUT2D eigenvalue weighted by Crippen LogP contribution is -2.31. The molecule has 6 nitrogen and oxygen atoms in total. The molecule has 2 aromatic rings. The van der Waals surface area contributed by atoms with E-state index in [1.165, 1.54) is 16.7 Å². The Balaban J connectivity index is 1.66. The maximum atomic E-state index is 13.2. The number of carbonyl (C=O) groups is 2. The average Bonchev–Trinajstić information content (AvgIpc) is 3.26. The lowest BCUT2D eigenvalue weighted by Gasteiger charge is -2.16. The number of nitrogens with zero attached hydrogens (tertiary/aromatic N) is 1. The Morgan fingerprint density at radius 2 is 1.76 bits per heavy atom. The van der Waals surface area contributed by atoms with Crippen molar-refractivity contribution < 1.29 is 23.8 Å². The molecule has 2 amide bonds. The normalized spacial score (nSPS) is 15.7. The van der Waals surface area contributed by atoms with E-state index < -0.39 is 0 Å². The van der Waals surface area contributed by atoms with Gasteiger partial charge in [0.15, 0.2) is 11.5 Å². The van der Waals surface area contributed by atoms with E-state index in [1.807, 2.05) is 38.1 Å². The molecule has 2 heterocycles. The van der Waals surface area contributed by atoms with Crippen LogP contribution in [0.4, 0.5) is 0 Å². The van der Waals surface area contributed by atoms with Crippen LogP contribution in [0.3, 0.4) is 0 Å². The first-order valence-corrected chi connectivity index (χ1v) is 10.2. The maximum absolute atomic E-state index is 13.2. The molecule has 7 heteroatoms. The summed E-state index contributed by atoms with van der Waals surface area (Å²) in [5.41, 5.74) is 1.96. The molecule has 0 unspecified atom stereocenters. The van der Waals surface area contributed by atoms with Gasteiger partial charge >= 0.3 is 0 Å². The smallest absolute Gasteiger partial charge is 0.268 e. The van der Waals surface area contributed by atoms with Crippen LogP contribution in [0.1, 0.15) is 25.0 Å². The van der Waals surface area contributed by atoms with Crippen LogP contribution in [0.5, 0.6) is 17.2 Å². The molecule has 150 valence electrons. The third-order valence-electron chi connectivity index (χ3n) is 4.64. The van der Waals surface area contributed by atoms with Gasteiger partial charge in [-0.05, 0) is 35.4 Å². The van der Waals surface area contributed by atoms with Crippen LogP contribution in [0.2, 0.25) is 0 Å². The molecule has 0 saturated carbocycles. The maximum Gasteiger partial charge on any atom is 0.268 e. The zero-order valence-corrected chi connectivity index (χ0v) is 17.2. The van der Waals surface area contributed by atoms with Gasteiger partial charge in [0.25, 0.3) is 11.8 Å². The van der Waals surface area contributed by atoms with E-state index in [-0.39, 0.29) is 30.4 Å². The van der Waals surface area contributed by atoms with Gasteiger partial charge in [-0.25, -0.2) is 0 Å². The van der Waals surface area contributed by atoms with Crippen molar-refractivity contribution in [3.05, 3.63) is 58.5 Å². The number of amides is 2. The molecule has 0 spiro atoms. The molecule has 0 atom stereocenters. The topological polar surface area (TPSA) is 65.1 Å². The van der Waals surface area contributed by atoms with Crippen molar-refractivity contribution in [1.29, 1.82) is 0 Å². The largest absolute Gasteiger partial charge is 0.497 e. The van der Waals surface area contributed by atoms with E-state index >= 15 is 0 Å². The molecule has 0 radical (unpaired) electrons. The summed E-state index contributed by atoms with van der Waals surface area (Å²) in [6, 6.07) is 12.6. The second-order valence-corrected chi connectivity index (χ2v) is 8.57. The van der Waals surface area contributed by atoms with Crippen LogP contribution in [-0.2, 0) is 16.1 Å². The zero-order chi connectivity index (χ0) is 20.5. The monoisotopic (exact) mass is 411 g/mol. The van der Waals surface area contributed by atoms with E-state index in [4.69, 9.17) is 14.2 Å². The second-order valence-electron chi connectivity index (χ2n) is 6.98. The van der Waals surface area contributed by atoms with Gasteiger partial charge < -0.3 is 14.2 Å². The SMILES string of the molecule is COc1ccc(C2=C(SC(C)C)C(=O)N(Cc3ccc4c(c3)OCO4)C2=O)cc1. The molecular weight excluding hydrogens is 390 g/mol. The van der Waals surface area contributed by atoms with Crippen LogP contribution in [0.25, 0.3) is 5.57 Å². The molecule has 29 heavy (non-hydrogen) atoms. The van der Waals surface area contributed by atoms with Gasteiger partial charge in [-0.15, -0.1) is 11.8 Å². The highest BCUT2D eigenvalue weighted by Crippen LogP contribution is 2.39. The number of benzene rings is 2. The number of thioether (sulfide) groups is 1. The summed E-state index contributed by atoms with van der Waals surface area (Å²) in [6.45, 7) is 4.36. The predicted molar refractivity (Wildman–Crippen MR) is 111 cm³/mol. The molecule has 0 N–H and O–H groups in total. The van der Waals surface area contributed by atoms with Crippen molar-refractivity contribution in [3.8, 4) is 17.2 Å². The molecule has 0 aliphatic carbocycles. The summed E-state index contributed by atoms with van der Waals surface area (Å²) >= 11 is 1.41. The number of fused-ring (bicyclic) bond motifs is 1. The number of hydrogen-bond donors (Lipinski definition) is 0. The Kier molecular flexibility index (Phi) is 5.24. The third-order valence-corrected chi connectivity index (χ3v) is 5.72. The highest BCUT2D eigenvalue weighted by molar-refractivity contribution is 8.04. The summed E-state index contributed by atoms with van der Waals surface area (Å²) in [7, 11) is 1.59. The Labute approximate surface area is 173 Å². The fourth-order valence-electron chi connectivity index (χ4n) is 3.28. The minimum absolute atomic E-state index is 0.167. The lowest BCUT2D eigenvalue weighted by molar-refractivity contribution is -0.137. The Hall–Kier alpha value is -2.93. The number of carbonyl (C=O) groups excluding carboxylic acids is 2. The van der Waals surface area contributed by atoms with Gasteiger partial charge in [0.05, 0.1) is 24.1 Å². The molecular formula is C22H21NO5S. The van der Waals surface area contributed by atoms with E-state index in [9.17, 15) is 9.59 Å². The third kappa shape index (κ3) is 3.70. The molecule has 0 saturated heterocycles. The minimum atomic E-state index is -0.291. The standard InChI is InChI=1S/C22H21NO5S/c1-13(2)29-20-19(15-5-7-16(26-3)8-6-15)21(24)23(22(20)25)11-14-4-9-17-18(10-14)28-12-27-17/h4-10,13H,11-12H2,1-3H3. The summed E-state index contributed by atoms with van der Waals surface area (Å²) in [5.74, 6) is 1.43. The average molecular weight is 411 g/mol. The number of methoxy groups -OCH3 is 1. The van der Waals surface area contributed by atoms with Gasteiger partial charge in [0.2, 0.25) is 6.79 Å². The Morgan fingerprint density at radius 1 is 1.03 bits per heavy atom. The van der Waals surface area contributed by atoms with Gasteiger partial charge in [0.1, 0.15) is 5.75 Å². The number of ether oxygens (including phenoxy) is 3. The summed E-state index contributed by atoms with van der Waals surface area (Å²) in [6.07, 6.45) is 0. The highest BCUT2D eigenvalue weighted by atomic mass is 32.2. The quantitative estimate of drug-likeness (QED) is 0.673. The van der Waals surface area contributed by atoms with E-state index in [0.29, 0.717) is 33.3 Å². The van der Waals surface area contributed by atoms with Crippen molar-refractivity contribution in [1.82, 2.24) is 4.90 Å². The van der Waals surface area contributed by atoms with Gasteiger partial charge in [-0.1, -0.05) is 32.0 Å². The summed E-state index contributed by atoms with van der Waals surface area (Å²) < 4.78 is 15.9. The van der Waals surface area contributed by atoms with Crippen molar-refractivity contribution >= 4 is 29.1 Å². The Bertz CT molecular complexity index is 997. The fraction of sp³-hybridized carbons (Fsp3) is 0.273. The lowest BCUT2D eigenvalue weighted by atomic mass is 10.1. The van der Waals surface area contributed by atoms with E-state index in [1.54, 1.807) is 25.3 Å². The van der Waals surface area contributed by atoms with E-state index in [2.05, 4.69) is 0 Å². The van der Waals surface area contributed by atoms with Crippen molar-refractivity contribution in [2.45, 2.75) is 25.6 Å². The molecule has 2 aliphatic heterocycles. The van der Waals surface area contributed by atoms with Crippen LogP contribution in [0, 0.1) is 0 Å². The van der Waals surface area contributed by atoms with Crippen LogP contribution in [-0.4, -0.2) is 35.9 Å². The van der Waals surface area contributed by atoms with Crippen LogP contribution < -0.4 is 14.2 Å². The fourth-order valence-corrected chi connectivity index (χ4v) is 4.28. The van der Waals surface area contributed by atoms with Gasteiger partial charge in [-0.2, -0.15) is 0 Å². The zero-order valence-electron chi connectivity index (χ0n) is 16.4. The van der Waals surface area contributed by atoms with Crippen LogP contribution >= 0.6 is 11.8 Å². The van der Waals surface area contributed by atoms with Crippen molar-refractivity contribution in [2.24, 2.45) is 0 Å². The number of imide groups is 1. The second kappa shape index (κ2) is 7.83. The molecule has 0 aromatic heterocycles. The van der Waals surface area contributed by atoms with Crippen molar-refractivity contribution in [3.63, 3.8) is 0 Å². The highest BCUT2D eigenvalue weighted by Gasteiger charge is 2.39. The van der Waals surface area contributed by atoms with Gasteiger partial charge in [0, 0.05) is 5.25 Å². The first-order valence-electron chi connectivity index (χ1n) is 9.28. The molecule has 2 aromatic carbocycles. The van der Waals surface area contributed by atoms with Gasteiger partial charge in [-0.3, -0.25) is 14.5 Å². The molecule has 4 rings (SSSR count). The number of rotatable bonds is 6. The predicted octanol–water partition coefficient (Wildman–Crippen LogP) is 3.85. The molecule has 0 fully saturated rings. The minimum Gasteiger partial charge on any atom is -0.497 e. The molecule has 2 aliphatic rings. The van der Waals surface area contributed by atoms with E-state index in [0.717, 1.165) is 5.56 Å². The summed E-state index contributed by atoms with van der Waals surface area (Å²) in [5, 5.41) is 0.167. The first-order chi connectivity index (χ1) is 14.0. The molecule has 0 bridgehead atoms. The van der Waals surface area contributed by atoms with Crippen LogP contribution in [0.15, 0.2) is 47.4 Å². The summed E-state index contributed by atoms with van der Waals surface area (Å²) in [4.78, 5) is 28.2. The number of hydrogen-bond acceptors (Lipinski definition) is 6. The Morgan fingerprint density at radius 3 is 2.45 bits per heavy atom. The first kappa shape index (κ1) is 19.4.